The molecule has 0 atom stereocenters. The van der Waals surface area contributed by atoms with Gasteiger partial charge in [0.25, 0.3) is 10.0 Å². The van der Waals surface area contributed by atoms with Crippen LogP contribution in [0.1, 0.15) is 11.3 Å². The lowest BCUT2D eigenvalue weighted by atomic mass is 10.2. The molecule has 3 heterocycles. The van der Waals surface area contributed by atoms with Gasteiger partial charge in [0, 0.05) is 18.0 Å². The lowest BCUT2D eigenvalue weighted by Crippen LogP contribution is -2.17. The van der Waals surface area contributed by atoms with Crippen LogP contribution in [0.3, 0.4) is 0 Å². The zero-order valence-electron chi connectivity index (χ0n) is 19.5. The second-order valence-corrected chi connectivity index (χ2v) is 9.45. The third-order valence-electron chi connectivity index (χ3n) is 4.88. The number of methoxy groups -OCH3 is 1. The fourth-order valence-corrected chi connectivity index (χ4v) is 4.22. The van der Waals surface area contributed by atoms with Crippen LogP contribution < -0.4 is 19.9 Å². The minimum atomic E-state index is -4.21. The molecule has 0 aliphatic carbocycles. The van der Waals surface area contributed by atoms with Crippen LogP contribution in [-0.2, 0) is 10.0 Å². The molecule has 0 amide bonds. The number of sulfonamides is 1. The van der Waals surface area contributed by atoms with Gasteiger partial charge < -0.3 is 20.4 Å². The number of amidine groups is 1. The van der Waals surface area contributed by atoms with Gasteiger partial charge in [-0.3, -0.25) is 9.71 Å². The largest absolute Gasteiger partial charge is 0.493 e. The van der Waals surface area contributed by atoms with E-state index >= 15 is 0 Å². The molecule has 4 aromatic rings. The van der Waals surface area contributed by atoms with Gasteiger partial charge in [0.2, 0.25) is 5.75 Å². The van der Waals surface area contributed by atoms with Crippen molar-refractivity contribution in [1.29, 1.82) is 0 Å². The number of aryl methyl sites for hydroxylation is 1. The number of nitrogens with one attached hydrogen (secondary N) is 1. The SMILES string of the molecule is COc1ccccc1Oc1c(Cl)nc(-c2ccnc(C(N)=NO)c2)nc1NS(=O)(=O)c1ccc(C)cn1. The van der Waals surface area contributed by atoms with Gasteiger partial charge in [0.05, 0.1) is 7.11 Å². The fourth-order valence-electron chi connectivity index (χ4n) is 3.08. The van der Waals surface area contributed by atoms with Crippen LogP contribution in [0, 0.1) is 6.92 Å². The maximum atomic E-state index is 13.2. The first-order valence-electron chi connectivity index (χ1n) is 10.5. The molecule has 14 heteroatoms. The Morgan fingerprint density at radius 2 is 1.86 bits per heavy atom. The van der Waals surface area contributed by atoms with Gasteiger partial charge in [0.1, 0.15) is 5.69 Å². The van der Waals surface area contributed by atoms with Gasteiger partial charge in [0.15, 0.2) is 39.2 Å². The molecule has 4 rings (SSSR count). The molecule has 0 radical (unpaired) electrons. The minimum absolute atomic E-state index is 0.0151. The summed E-state index contributed by atoms with van der Waals surface area (Å²) in [6.07, 6.45) is 2.81. The second-order valence-electron chi connectivity index (χ2n) is 7.46. The van der Waals surface area contributed by atoms with Crippen molar-refractivity contribution < 1.29 is 23.1 Å². The molecular weight excluding hydrogens is 522 g/mol. The Morgan fingerprint density at radius 3 is 2.54 bits per heavy atom. The summed E-state index contributed by atoms with van der Waals surface area (Å²) >= 11 is 6.48. The predicted octanol–water partition coefficient (Wildman–Crippen LogP) is 3.59. The summed E-state index contributed by atoms with van der Waals surface area (Å²) in [6, 6.07) is 12.7. The molecular formula is C23H20ClN7O5S. The average molecular weight is 542 g/mol. The summed E-state index contributed by atoms with van der Waals surface area (Å²) in [5.74, 6) is -0.0389. The number of para-hydroxylation sites is 2. The molecule has 0 saturated heterocycles. The summed E-state index contributed by atoms with van der Waals surface area (Å²) in [5, 5.41) is 11.5. The summed E-state index contributed by atoms with van der Waals surface area (Å²) in [5.41, 5.74) is 6.92. The first kappa shape index (κ1) is 25.6. The first-order chi connectivity index (χ1) is 17.7. The fraction of sp³-hybridized carbons (Fsp3) is 0.0870. The van der Waals surface area contributed by atoms with E-state index in [4.69, 9.17) is 32.0 Å². The van der Waals surface area contributed by atoms with Crippen molar-refractivity contribution in [3.05, 3.63) is 77.3 Å². The highest BCUT2D eigenvalue weighted by Gasteiger charge is 2.24. The molecule has 0 bridgehead atoms. The van der Waals surface area contributed by atoms with Crippen molar-refractivity contribution in [3.8, 4) is 28.6 Å². The van der Waals surface area contributed by atoms with Crippen LogP contribution in [0.2, 0.25) is 5.15 Å². The van der Waals surface area contributed by atoms with Crippen LogP contribution in [0.15, 0.2) is 71.1 Å². The van der Waals surface area contributed by atoms with Gasteiger partial charge in [-0.05, 0) is 42.8 Å². The predicted molar refractivity (Wildman–Crippen MR) is 136 cm³/mol. The van der Waals surface area contributed by atoms with Crippen molar-refractivity contribution >= 4 is 33.3 Å². The Hall–Kier alpha value is -4.49. The number of nitrogens with two attached hydrogens (primary N) is 1. The van der Waals surface area contributed by atoms with Crippen LogP contribution in [0.5, 0.6) is 17.2 Å². The number of benzene rings is 1. The highest BCUT2D eigenvalue weighted by atomic mass is 35.5. The van der Waals surface area contributed by atoms with Crippen molar-refractivity contribution in [1.82, 2.24) is 19.9 Å². The molecule has 0 aliphatic rings. The third kappa shape index (κ3) is 5.68. The molecule has 3 aromatic heterocycles. The standard InChI is InChI=1S/C23H20ClN7O5S/c1-13-7-8-18(27-12-13)37(33,34)31-23-19(36-17-6-4-3-5-16(17)35-2)20(24)28-22(29-23)14-9-10-26-15(11-14)21(25)30-32/h3-12,32H,1-2H3,(H2,25,30)(H,28,29,31). The van der Waals surface area contributed by atoms with E-state index in [1.165, 1.54) is 31.6 Å². The molecule has 37 heavy (non-hydrogen) atoms. The number of nitrogens with zero attached hydrogens (tertiary/aromatic N) is 5. The number of ether oxygens (including phenoxy) is 2. The third-order valence-corrected chi connectivity index (χ3v) is 6.39. The van der Waals surface area contributed by atoms with Gasteiger partial charge in [-0.2, -0.15) is 8.42 Å². The Bertz CT molecular complexity index is 1580. The summed E-state index contributed by atoms with van der Waals surface area (Å²) < 4.78 is 39.9. The molecule has 0 aliphatic heterocycles. The number of pyridine rings is 2. The Morgan fingerprint density at radius 1 is 1.11 bits per heavy atom. The Labute approximate surface area is 216 Å². The average Bonchev–Trinajstić information content (AvgIpc) is 2.90. The van der Waals surface area contributed by atoms with Crippen LogP contribution >= 0.6 is 11.6 Å². The van der Waals surface area contributed by atoms with Crippen LogP contribution in [0.25, 0.3) is 11.4 Å². The van der Waals surface area contributed by atoms with E-state index in [1.54, 1.807) is 43.3 Å². The molecule has 1 aromatic carbocycles. The number of rotatable bonds is 8. The number of halogens is 1. The number of anilines is 1. The highest BCUT2D eigenvalue weighted by molar-refractivity contribution is 7.92. The van der Waals surface area contributed by atoms with E-state index in [2.05, 4.69) is 29.8 Å². The maximum Gasteiger partial charge on any atom is 0.280 e. The van der Waals surface area contributed by atoms with Crippen molar-refractivity contribution in [3.63, 3.8) is 0 Å². The molecule has 0 spiro atoms. The Kier molecular flexibility index (Phi) is 7.36. The molecule has 190 valence electrons. The lowest BCUT2D eigenvalue weighted by molar-refractivity contribution is 0.318. The van der Waals surface area contributed by atoms with E-state index in [1.807, 2.05) is 0 Å². The number of aromatic nitrogens is 4. The van der Waals surface area contributed by atoms with E-state index < -0.39 is 10.0 Å². The van der Waals surface area contributed by atoms with Crippen molar-refractivity contribution in [2.24, 2.45) is 10.9 Å². The van der Waals surface area contributed by atoms with Gasteiger partial charge in [-0.25, -0.2) is 15.0 Å². The second kappa shape index (κ2) is 10.6. The first-order valence-corrected chi connectivity index (χ1v) is 12.4. The molecule has 4 N–H and O–H groups in total. The van der Waals surface area contributed by atoms with E-state index in [0.717, 1.165) is 5.56 Å². The normalized spacial score (nSPS) is 11.7. The summed E-state index contributed by atoms with van der Waals surface area (Å²) in [7, 11) is -2.75. The summed E-state index contributed by atoms with van der Waals surface area (Å²) in [4.78, 5) is 16.6. The van der Waals surface area contributed by atoms with Gasteiger partial charge in [-0.1, -0.05) is 35.0 Å². The van der Waals surface area contributed by atoms with Crippen molar-refractivity contribution in [2.75, 3.05) is 11.8 Å². The smallest absolute Gasteiger partial charge is 0.280 e. The van der Waals surface area contributed by atoms with Crippen LogP contribution in [-0.4, -0.2) is 46.5 Å². The topological polar surface area (TPSA) is 175 Å². The van der Waals surface area contributed by atoms with Crippen molar-refractivity contribution in [2.45, 2.75) is 11.9 Å². The molecule has 0 unspecified atom stereocenters. The Balaban J connectivity index is 1.85. The number of hydrogen-bond donors (Lipinski definition) is 3. The maximum absolute atomic E-state index is 13.2. The summed E-state index contributed by atoms with van der Waals surface area (Å²) in [6.45, 7) is 1.78. The minimum Gasteiger partial charge on any atom is -0.493 e. The number of oxime groups is 1. The molecule has 12 nitrogen and oxygen atoms in total. The van der Waals surface area contributed by atoms with Gasteiger partial charge in [-0.15, -0.1) is 0 Å². The van der Waals surface area contributed by atoms with E-state index in [9.17, 15) is 8.42 Å². The number of hydrogen-bond acceptors (Lipinski definition) is 10. The van der Waals surface area contributed by atoms with Gasteiger partial charge >= 0.3 is 0 Å². The monoisotopic (exact) mass is 541 g/mol. The van der Waals surface area contributed by atoms with E-state index in [-0.39, 0.29) is 44.8 Å². The zero-order chi connectivity index (χ0) is 26.6. The highest BCUT2D eigenvalue weighted by Crippen LogP contribution is 2.40. The lowest BCUT2D eigenvalue weighted by Gasteiger charge is -2.16. The quantitative estimate of drug-likeness (QED) is 0.0982. The molecule has 0 saturated carbocycles. The van der Waals surface area contributed by atoms with Crippen LogP contribution in [0.4, 0.5) is 5.82 Å². The van der Waals surface area contributed by atoms with E-state index in [0.29, 0.717) is 11.3 Å². The molecule has 0 fully saturated rings. The zero-order valence-corrected chi connectivity index (χ0v) is 21.0.